The van der Waals surface area contributed by atoms with E-state index in [1.807, 2.05) is 11.0 Å². The van der Waals surface area contributed by atoms with Crippen molar-refractivity contribution in [2.75, 3.05) is 30.0 Å². The van der Waals surface area contributed by atoms with Gasteiger partial charge in [-0.1, -0.05) is 0 Å². The Bertz CT molecular complexity index is 532. The van der Waals surface area contributed by atoms with Gasteiger partial charge in [-0.05, 0) is 31.4 Å². The molecule has 0 radical (unpaired) electrons. The van der Waals surface area contributed by atoms with Crippen molar-refractivity contribution in [2.24, 2.45) is 5.73 Å². The predicted molar refractivity (Wildman–Crippen MR) is 103 cm³/mol. The molecule has 1 aromatic rings. The minimum atomic E-state index is -0.383. The molecule has 1 amide bonds. The van der Waals surface area contributed by atoms with Crippen molar-refractivity contribution < 1.29 is 4.79 Å². The zero-order valence-corrected chi connectivity index (χ0v) is 15.8. The zero-order valence-electron chi connectivity index (χ0n) is 13.3. The lowest BCUT2D eigenvalue weighted by Crippen LogP contribution is -2.42. The summed E-state index contributed by atoms with van der Waals surface area (Å²) in [6.07, 6.45) is 4.09. The Morgan fingerprint density at radius 3 is 2.83 bits per heavy atom. The summed E-state index contributed by atoms with van der Waals surface area (Å²) in [5.41, 5.74) is 6.51. The number of hydrogen-bond donors (Lipinski definition) is 2. The van der Waals surface area contributed by atoms with E-state index in [9.17, 15) is 4.79 Å². The second-order valence-electron chi connectivity index (χ2n) is 5.21. The van der Waals surface area contributed by atoms with Gasteiger partial charge in [0.25, 0.3) is 0 Å². The van der Waals surface area contributed by atoms with Crippen LogP contribution in [0.5, 0.6) is 0 Å². The van der Waals surface area contributed by atoms with Crippen molar-refractivity contribution in [3.8, 4) is 6.07 Å². The van der Waals surface area contributed by atoms with Crippen LogP contribution in [-0.2, 0) is 4.79 Å². The molecular formula is C15H23Cl2N5OS. The first-order valence-corrected chi connectivity index (χ1v) is 8.58. The van der Waals surface area contributed by atoms with E-state index in [4.69, 9.17) is 11.0 Å². The molecule has 134 valence electrons. The third-order valence-corrected chi connectivity index (χ3v) is 4.49. The number of rotatable bonds is 7. The lowest BCUT2D eigenvalue weighted by atomic mass is 10.1. The lowest BCUT2D eigenvalue weighted by molar-refractivity contribution is -0.131. The summed E-state index contributed by atoms with van der Waals surface area (Å²) >= 11 is 1.77. The fraction of sp³-hybridized carbons (Fsp3) is 0.533. The average Bonchev–Trinajstić information content (AvgIpc) is 3.08. The van der Waals surface area contributed by atoms with E-state index in [0.29, 0.717) is 12.0 Å². The van der Waals surface area contributed by atoms with Crippen LogP contribution in [0.15, 0.2) is 18.3 Å². The molecule has 0 spiro atoms. The summed E-state index contributed by atoms with van der Waals surface area (Å²) in [6, 6.07) is 5.18. The number of carbonyl (C=O) groups is 1. The number of hydrogen-bond acceptors (Lipinski definition) is 6. The van der Waals surface area contributed by atoms with Crippen molar-refractivity contribution in [3.05, 3.63) is 23.9 Å². The third kappa shape index (κ3) is 7.14. The minimum absolute atomic E-state index is 0. The molecule has 6 nitrogen and oxygen atoms in total. The van der Waals surface area contributed by atoms with E-state index in [1.54, 1.807) is 30.1 Å². The van der Waals surface area contributed by atoms with Gasteiger partial charge >= 0.3 is 0 Å². The number of halogens is 2. The predicted octanol–water partition coefficient (Wildman–Crippen LogP) is 2.24. The highest BCUT2D eigenvalue weighted by molar-refractivity contribution is 7.99. The molecule has 0 bridgehead atoms. The van der Waals surface area contributed by atoms with Crippen LogP contribution in [-0.4, -0.2) is 46.6 Å². The van der Waals surface area contributed by atoms with Crippen LogP contribution >= 0.6 is 36.6 Å². The van der Waals surface area contributed by atoms with Crippen molar-refractivity contribution in [3.63, 3.8) is 0 Å². The number of nitriles is 1. The Labute approximate surface area is 159 Å². The Kier molecular flexibility index (Phi) is 11.6. The Morgan fingerprint density at radius 2 is 2.25 bits per heavy atom. The average molecular weight is 392 g/mol. The van der Waals surface area contributed by atoms with E-state index in [0.717, 1.165) is 43.4 Å². The second kappa shape index (κ2) is 12.2. The van der Waals surface area contributed by atoms with Crippen molar-refractivity contribution in [1.82, 2.24) is 9.88 Å². The smallest absolute Gasteiger partial charge is 0.240 e. The molecule has 3 N–H and O–H groups in total. The Balaban J connectivity index is 0.00000264. The highest BCUT2D eigenvalue weighted by atomic mass is 35.5. The fourth-order valence-electron chi connectivity index (χ4n) is 2.22. The van der Waals surface area contributed by atoms with Gasteiger partial charge in [0.15, 0.2) is 0 Å². The van der Waals surface area contributed by atoms with E-state index in [1.165, 1.54) is 0 Å². The Hall–Kier alpha value is -1.20. The molecule has 9 heteroatoms. The summed E-state index contributed by atoms with van der Waals surface area (Å²) < 4.78 is 0. The normalized spacial score (nSPS) is 14.1. The molecule has 1 aliphatic rings. The van der Waals surface area contributed by atoms with Crippen LogP contribution in [0, 0.1) is 11.3 Å². The summed E-state index contributed by atoms with van der Waals surface area (Å²) in [5.74, 6) is 2.62. The summed E-state index contributed by atoms with van der Waals surface area (Å²) in [6.45, 7) is 1.60. The van der Waals surface area contributed by atoms with E-state index >= 15 is 0 Å². The van der Waals surface area contributed by atoms with Crippen LogP contribution in [0.4, 0.5) is 5.82 Å². The van der Waals surface area contributed by atoms with Gasteiger partial charge < -0.3 is 16.0 Å². The first-order valence-electron chi connectivity index (χ1n) is 7.43. The zero-order chi connectivity index (χ0) is 15.8. The second-order valence-corrected chi connectivity index (χ2v) is 6.29. The highest BCUT2D eigenvalue weighted by Crippen LogP contribution is 2.15. The largest absolute Gasteiger partial charge is 0.370 e. The minimum Gasteiger partial charge on any atom is -0.370 e. The molecule has 1 aliphatic heterocycles. The maximum Gasteiger partial charge on any atom is 0.240 e. The summed E-state index contributed by atoms with van der Waals surface area (Å²) in [7, 11) is 0. The topological polar surface area (TPSA) is 95.0 Å². The molecule has 0 aromatic carbocycles. The van der Waals surface area contributed by atoms with Crippen LogP contribution < -0.4 is 11.1 Å². The molecule has 2 rings (SSSR count). The van der Waals surface area contributed by atoms with Gasteiger partial charge in [0, 0.05) is 25.0 Å². The van der Waals surface area contributed by atoms with Gasteiger partial charge in [0.05, 0.1) is 17.5 Å². The first-order chi connectivity index (χ1) is 10.7. The molecule has 1 atom stereocenters. The van der Waals surface area contributed by atoms with Gasteiger partial charge in [-0.25, -0.2) is 4.98 Å². The molecular weight excluding hydrogens is 369 g/mol. The quantitative estimate of drug-likeness (QED) is 0.691. The number of amides is 1. The number of nitrogens with one attached hydrogen (secondary N) is 1. The van der Waals surface area contributed by atoms with Crippen molar-refractivity contribution in [1.29, 1.82) is 5.26 Å². The van der Waals surface area contributed by atoms with Crippen LogP contribution in [0.3, 0.4) is 0 Å². The monoisotopic (exact) mass is 391 g/mol. The van der Waals surface area contributed by atoms with Gasteiger partial charge in [-0.15, -0.1) is 36.6 Å². The van der Waals surface area contributed by atoms with Crippen LogP contribution in [0.2, 0.25) is 0 Å². The van der Waals surface area contributed by atoms with Crippen molar-refractivity contribution in [2.45, 2.75) is 25.3 Å². The molecule has 1 fully saturated rings. The molecule has 24 heavy (non-hydrogen) atoms. The molecule has 2 heterocycles. The molecule has 0 saturated carbocycles. The number of nitrogens with two attached hydrogens (primary N) is 1. The van der Waals surface area contributed by atoms with E-state index in [-0.39, 0.29) is 36.8 Å². The SMILES string of the molecule is Cl.Cl.N#Cc1ccc(NCCCCC(N)C(=O)N2CCSC2)nc1. The van der Waals surface area contributed by atoms with Gasteiger partial charge in [-0.2, -0.15) is 5.26 Å². The Morgan fingerprint density at radius 1 is 1.46 bits per heavy atom. The fourth-order valence-corrected chi connectivity index (χ4v) is 3.17. The maximum absolute atomic E-state index is 12.0. The van der Waals surface area contributed by atoms with Gasteiger partial charge in [0.1, 0.15) is 11.9 Å². The van der Waals surface area contributed by atoms with E-state index in [2.05, 4.69) is 10.3 Å². The highest BCUT2D eigenvalue weighted by Gasteiger charge is 2.23. The van der Waals surface area contributed by atoms with Gasteiger partial charge in [-0.3, -0.25) is 4.79 Å². The molecule has 1 aromatic heterocycles. The van der Waals surface area contributed by atoms with Gasteiger partial charge in [0.2, 0.25) is 5.91 Å². The standard InChI is InChI=1S/C15H21N5OS.2ClH/c16-9-12-4-5-14(19-10-12)18-6-2-1-3-13(17)15(21)20-7-8-22-11-20;;/h4-5,10,13H,1-3,6-8,11,17H2,(H,18,19);2*1H. The molecule has 1 saturated heterocycles. The number of aromatic nitrogens is 1. The summed E-state index contributed by atoms with van der Waals surface area (Å²) in [4.78, 5) is 18.0. The molecule has 1 unspecified atom stereocenters. The number of unbranched alkanes of at least 4 members (excludes halogenated alkanes) is 1. The maximum atomic E-state index is 12.0. The third-order valence-electron chi connectivity index (χ3n) is 3.52. The number of anilines is 1. The van der Waals surface area contributed by atoms with Crippen molar-refractivity contribution >= 4 is 48.3 Å². The first kappa shape index (κ1) is 22.8. The lowest BCUT2D eigenvalue weighted by Gasteiger charge is -2.19. The number of thioether (sulfide) groups is 1. The van der Waals surface area contributed by atoms with Crippen LogP contribution in [0.25, 0.3) is 0 Å². The number of pyridine rings is 1. The number of carbonyl (C=O) groups excluding carboxylic acids is 1. The number of nitrogens with zero attached hydrogens (tertiary/aromatic N) is 3. The van der Waals surface area contributed by atoms with Crippen LogP contribution in [0.1, 0.15) is 24.8 Å². The molecule has 0 aliphatic carbocycles. The van der Waals surface area contributed by atoms with E-state index < -0.39 is 0 Å². The summed E-state index contributed by atoms with van der Waals surface area (Å²) in [5, 5.41) is 11.9.